The number of benzene rings is 4. The van der Waals surface area contributed by atoms with Crippen molar-refractivity contribution in [3.63, 3.8) is 0 Å². The smallest absolute Gasteiger partial charge is 0.173 e. The molecule has 2 aliphatic rings. The van der Waals surface area contributed by atoms with Gasteiger partial charge in [-0.25, -0.2) is 28.2 Å². The zero-order valence-electron chi connectivity index (χ0n) is 43.1. The highest BCUT2D eigenvalue weighted by Crippen LogP contribution is 2.38. The third kappa shape index (κ3) is 11.6. The van der Waals surface area contributed by atoms with Crippen molar-refractivity contribution in [2.24, 2.45) is 0 Å². The molecule has 386 valence electrons. The quantitative estimate of drug-likeness (QED) is 0.0945. The number of hydrogen-bond acceptors (Lipinski definition) is 2. The van der Waals surface area contributed by atoms with Gasteiger partial charge < -0.3 is 9.97 Å². The molecule has 8 nitrogen and oxygen atoms in total. The summed E-state index contributed by atoms with van der Waals surface area (Å²) in [5.74, 6) is 0. The van der Waals surface area contributed by atoms with Gasteiger partial charge >= 0.3 is 0 Å². The molecule has 8 bridgehead atoms. The Morgan fingerprint density at radius 3 is 0.662 bits per heavy atom. The second-order valence-electron chi connectivity index (χ2n) is 20.0. The number of nitrogens with one attached hydrogen (secondary N) is 2. The van der Waals surface area contributed by atoms with Crippen LogP contribution in [0.25, 0.3) is 90.9 Å². The van der Waals surface area contributed by atoms with Gasteiger partial charge in [0.25, 0.3) is 0 Å². The topological polar surface area (TPSA) is 72.9 Å². The molecule has 2 aliphatic heterocycles. The molecule has 0 aliphatic carbocycles. The molecule has 7 aromatic heterocycles. The maximum atomic E-state index is 5.62. The molecular formula is C68H50I4N8+4. The number of fused-ring (bicyclic) bond motifs is 8. The van der Waals surface area contributed by atoms with Crippen molar-refractivity contribution in [1.29, 1.82) is 0 Å². The van der Waals surface area contributed by atoms with Crippen molar-refractivity contribution < 1.29 is 18.3 Å². The van der Waals surface area contributed by atoms with Crippen LogP contribution < -0.4 is 18.3 Å². The fraction of sp³-hybridized carbons (Fsp3) is 0.0588. The van der Waals surface area contributed by atoms with Gasteiger partial charge in [0.15, 0.2) is 75.8 Å². The van der Waals surface area contributed by atoms with Crippen LogP contribution in [0.1, 0.15) is 45.0 Å². The lowest BCUT2D eigenvalue weighted by molar-refractivity contribution is -0.688. The third-order valence-corrected chi connectivity index (χ3v) is 17.5. The van der Waals surface area contributed by atoms with E-state index in [2.05, 4.69) is 362 Å². The fourth-order valence-corrected chi connectivity index (χ4v) is 12.0. The molecule has 4 aromatic carbocycles. The number of rotatable bonds is 12. The number of H-pyrrole nitrogens is 2. The minimum atomic E-state index is 0.766. The Morgan fingerprint density at radius 2 is 0.463 bits per heavy atom. The minimum Gasteiger partial charge on any atom is -0.354 e. The molecule has 0 fully saturated rings. The summed E-state index contributed by atoms with van der Waals surface area (Å²) in [6.07, 6.45) is 26.1. The molecule has 0 spiro atoms. The molecule has 0 atom stereocenters. The summed E-state index contributed by atoms with van der Waals surface area (Å²) in [5, 5.41) is 0. The second kappa shape index (κ2) is 23.2. The molecule has 0 saturated heterocycles. The van der Waals surface area contributed by atoms with E-state index in [1.807, 2.05) is 0 Å². The predicted molar refractivity (Wildman–Crippen MR) is 354 cm³/mol. The maximum Gasteiger partial charge on any atom is 0.173 e. The van der Waals surface area contributed by atoms with Crippen LogP contribution in [-0.4, -0.2) is 19.9 Å². The second-order valence-corrected chi connectivity index (χ2v) is 25.0. The molecular weight excluding hydrogens is 1440 g/mol. The zero-order valence-corrected chi connectivity index (χ0v) is 51.7. The monoisotopic (exact) mass is 1490 g/mol. The van der Waals surface area contributed by atoms with Gasteiger partial charge in [-0.1, -0.05) is 48.5 Å². The Labute approximate surface area is 518 Å². The lowest BCUT2D eigenvalue weighted by Crippen LogP contribution is -2.33. The maximum absolute atomic E-state index is 5.62. The van der Waals surface area contributed by atoms with Crippen LogP contribution in [0, 0.1) is 14.3 Å². The van der Waals surface area contributed by atoms with Gasteiger partial charge in [0.05, 0.1) is 22.8 Å². The van der Waals surface area contributed by atoms with Gasteiger partial charge in [0, 0.05) is 129 Å². The molecule has 11 aromatic rings. The lowest BCUT2D eigenvalue weighted by atomic mass is 10.0. The number of aromatic nitrogens is 8. The molecule has 0 saturated carbocycles. The van der Waals surface area contributed by atoms with Gasteiger partial charge in [0.2, 0.25) is 0 Å². The van der Waals surface area contributed by atoms with Crippen LogP contribution in [0.2, 0.25) is 0 Å². The lowest BCUT2D eigenvalue weighted by Gasteiger charge is -2.07. The van der Waals surface area contributed by atoms with Gasteiger partial charge in [-0.2, -0.15) is 0 Å². The van der Waals surface area contributed by atoms with Crippen molar-refractivity contribution in [3.8, 4) is 44.5 Å². The Bertz CT molecular complexity index is 3770. The van der Waals surface area contributed by atoms with Crippen LogP contribution in [0.15, 0.2) is 219 Å². The van der Waals surface area contributed by atoms with E-state index in [-0.39, 0.29) is 0 Å². The largest absolute Gasteiger partial charge is 0.354 e. The highest BCUT2D eigenvalue weighted by Gasteiger charge is 2.21. The van der Waals surface area contributed by atoms with Gasteiger partial charge in [-0.05, 0) is 210 Å². The van der Waals surface area contributed by atoms with Crippen molar-refractivity contribution in [3.05, 3.63) is 279 Å². The van der Waals surface area contributed by atoms with Crippen LogP contribution in [0.5, 0.6) is 0 Å². The van der Waals surface area contributed by atoms with Crippen LogP contribution in [0.4, 0.5) is 0 Å². The third-order valence-electron chi connectivity index (χ3n) is 14.6. The van der Waals surface area contributed by atoms with Crippen molar-refractivity contribution >= 4 is 137 Å². The summed E-state index contributed by atoms with van der Waals surface area (Å²) < 4.78 is 13.8. The molecule has 13 rings (SSSR count). The van der Waals surface area contributed by atoms with E-state index in [1.54, 1.807) is 0 Å². The summed E-state index contributed by atoms with van der Waals surface area (Å²) >= 11 is 9.46. The first-order chi connectivity index (χ1) is 39.2. The highest BCUT2D eigenvalue weighted by atomic mass is 127. The SMILES string of the molecule is Ic1ccc(C[n+]2ccc(-c3c4nc(c(-c5cc[n+](Cc6ccc(I)cc6)cc5)c5ccc([nH]5)c(-c5cc[n+](Cc6ccc(I)cc6)cc5)c5nc(c(-c6cc[n+](Cc7ccc(I)cc7)cc6)c6ccc3[nH]6)C=C5)C=C4)cc2)cc1. The number of aromatic amines is 2. The Kier molecular flexibility index (Phi) is 15.2. The summed E-state index contributed by atoms with van der Waals surface area (Å²) in [4.78, 5) is 19.2. The first kappa shape index (κ1) is 52.4. The summed E-state index contributed by atoms with van der Waals surface area (Å²) in [5.41, 5.74) is 20.5. The molecule has 0 amide bonds. The van der Waals surface area contributed by atoms with Gasteiger partial charge in [-0.15, -0.1) is 0 Å². The summed E-state index contributed by atoms with van der Waals surface area (Å²) in [6.45, 7) is 3.06. The number of hydrogen-bond donors (Lipinski definition) is 2. The fourth-order valence-electron chi connectivity index (χ4n) is 10.5. The number of pyridine rings is 4. The van der Waals surface area contributed by atoms with E-state index >= 15 is 0 Å². The minimum absolute atomic E-state index is 0.766. The van der Waals surface area contributed by atoms with E-state index in [0.29, 0.717) is 0 Å². The molecule has 2 N–H and O–H groups in total. The molecule has 80 heavy (non-hydrogen) atoms. The van der Waals surface area contributed by atoms with E-state index in [0.717, 1.165) is 116 Å². The summed E-state index contributed by atoms with van der Waals surface area (Å²) in [7, 11) is 0. The summed E-state index contributed by atoms with van der Waals surface area (Å²) in [6, 6.07) is 61.4. The zero-order chi connectivity index (χ0) is 54.1. The molecule has 12 heteroatoms. The Balaban J connectivity index is 1.02. The first-order valence-electron chi connectivity index (χ1n) is 26.3. The average molecular weight is 1490 g/mol. The predicted octanol–water partition coefficient (Wildman–Crippen LogP) is 15.1. The van der Waals surface area contributed by atoms with Crippen LogP contribution in [-0.2, 0) is 26.2 Å². The van der Waals surface area contributed by atoms with E-state index in [4.69, 9.17) is 9.97 Å². The van der Waals surface area contributed by atoms with Crippen LogP contribution >= 0.6 is 90.4 Å². The van der Waals surface area contributed by atoms with E-state index in [1.165, 1.54) is 36.5 Å². The number of halogens is 4. The molecule has 9 heterocycles. The first-order valence-corrected chi connectivity index (χ1v) is 30.6. The molecule has 0 unspecified atom stereocenters. The van der Waals surface area contributed by atoms with Crippen molar-refractivity contribution in [2.45, 2.75) is 26.2 Å². The van der Waals surface area contributed by atoms with E-state index < -0.39 is 0 Å². The average Bonchev–Trinajstić information content (AvgIpc) is 4.36. The van der Waals surface area contributed by atoms with Gasteiger partial charge in [-0.3, -0.25) is 0 Å². The van der Waals surface area contributed by atoms with Gasteiger partial charge in [0.1, 0.15) is 0 Å². The highest BCUT2D eigenvalue weighted by molar-refractivity contribution is 14.1. The van der Waals surface area contributed by atoms with Crippen molar-refractivity contribution in [2.75, 3.05) is 0 Å². The van der Waals surface area contributed by atoms with Crippen LogP contribution in [0.3, 0.4) is 0 Å². The van der Waals surface area contributed by atoms with Crippen molar-refractivity contribution in [1.82, 2.24) is 19.9 Å². The van der Waals surface area contributed by atoms with E-state index in [9.17, 15) is 0 Å². The number of nitrogens with zero attached hydrogens (tertiary/aromatic N) is 6. The molecule has 0 radical (unpaired) electrons. The normalized spacial score (nSPS) is 11.8. The Hall–Kier alpha value is -7.00. The Morgan fingerprint density at radius 1 is 0.263 bits per heavy atom. The standard InChI is InChI=1S/C68H49I4N8/c69-53-9-1-45(2-10-53)41-77-33-25-49(26-34-77)65-57-17-19-59(73-57)66(50-27-35-78(36-28-50)42-46-3-11-54(70)12-4-46)61-21-23-63(75-61)68(52-31-39-80(40-32-52)44-48-7-15-56(72)16-8-48)64-24-22-62(76-64)67(60-20-18-58(65)74-60)51-29-37-79(38-30-51)43-47-5-13-55(71)14-6-47/h1-40H,41-44H2,(H,73,74,75,76)/q+3/p+1.